The minimum atomic E-state index is 0.538. The summed E-state index contributed by atoms with van der Waals surface area (Å²) < 4.78 is 7.60. The molecule has 1 aliphatic heterocycles. The van der Waals surface area contributed by atoms with Gasteiger partial charge in [0.1, 0.15) is 5.82 Å². The van der Waals surface area contributed by atoms with Crippen LogP contribution < -0.4 is 5.73 Å². The monoisotopic (exact) mass is 258 g/mol. The summed E-state index contributed by atoms with van der Waals surface area (Å²) in [5, 5.41) is 0. The van der Waals surface area contributed by atoms with Gasteiger partial charge in [0.25, 0.3) is 0 Å². The molecule has 0 aliphatic carbocycles. The Balaban J connectivity index is 1.81. The van der Waals surface area contributed by atoms with Crippen LogP contribution in [0.5, 0.6) is 0 Å². The minimum Gasteiger partial charge on any atom is -0.384 e. The van der Waals surface area contributed by atoms with Crippen LogP contribution in [0, 0.1) is 5.92 Å². The molecular weight excluding hydrogens is 240 g/mol. The van der Waals surface area contributed by atoms with Crippen LogP contribution in [0.2, 0.25) is 0 Å². The van der Waals surface area contributed by atoms with Crippen LogP contribution >= 0.6 is 0 Å². The molecule has 0 aromatic carbocycles. The molecule has 2 aromatic heterocycles. The van der Waals surface area contributed by atoms with E-state index < -0.39 is 0 Å². The number of hydrogen-bond donors (Lipinski definition) is 1. The van der Waals surface area contributed by atoms with Gasteiger partial charge >= 0.3 is 0 Å². The molecule has 3 heterocycles. The summed E-state index contributed by atoms with van der Waals surface area (Å²) >= 11 is 0. The van der Waals surface area contributed by atoms with E-state index in [0.717, 1.165) is 43.9 Å². The zero-order valence-corrected chi connectivity index (χ0v) is 10.8. The van der Waals surface area contributed by atoms with Gasteiger partial charge in [0, 0.05) is 31.5 Å². The molecule has 0 bridgehead atoms. The Kier molecular flexibility index (Phi) is 3.46. The van der Waals surface area contributed by atoms with Crippen LogP contribution in [0.3, 0.4) is 0 Å². The summed E-state index contributed by atoms with van der Waals surface area (Å²) in [5.41, 5.74) is 7.91. The second kappa shape index (κ2) is 5.40. The third-order valence-corrected chi connectivity index (χ3v) is 3.58. The van der Waals surface area contributed by atoms with Gasteiger partial charge in [0.2, 0.25) is 0 Å². The fourth-order valence-electron chi connectivity index (χ4n) is 2.52. The molecule has 0 unspecified atom stereocenters. The Bertz CT molecular complexity index is 546. The van der Waals surface area contributed by atoms with E-state index in [1.165, 1.54) is 0 Å². The Morgan fingerprint density at radius 1 is 1.37 bits per heavy atom. The fraction of sp³-hybridized carbons (Fsp3) is 0.429. The molecule has 0 spiro atoms. The first-order valence-corrected chi connectivity index (χ1v) is 6.63. The molecule has 0 atom stereocenters. The second-order valence-corrected chi connectivity index (χ2v) is 4.96. The van der Waals surface area contributed by atoms with Crippen molar-refractivity contribution in [1.82, 2.24) is 14.5 Å². The highest BCUT2D eigenvalue weighted by Crippen LogP contribution is 2.23. The lowest BCUT2D eigenvalue weighted by molar-refractivity contribution is 0.0614. The molecule has 2 aromatic rings. The van der Waals surface area contributed by atoms with Crippen LogP contribution in [-0.2, 0) is 11.3 Å². The molecule has 0 amide bonds. The Labute approximate surface area is 112 Å². The van der Waals surface area contributed by atoms with Gasteiger partial charge in [-0.1, -0.05) is 0 Å². The van der Waals surface area contributed by atoms with E-state index in [2.05, 4.69) is 14.5 Å². The molecule has 0 saturated carbocycles. The summed E-state index contributed by atoms with van der Waals surface area (Å²) in [6, 6.07) is 3.85. The molecule has 3 rings (SSSR count). The van der Waals surface area contributed by atoms with Crippen molar-refractivity contribution in [2.75, 3.05) is 18.9 Å². The number of imidazole rings is 1. The summed E-state index contributed by atoms with van der Waals surface area (Å²) in [4.78, 5) is 8.29. The Morgan fingerprint density at radius 2 is 2.21 bits per heavy atom. The normalized spacial score (nSPS) is 16.6. The van der Waals surface area contributed by atoms with Crippen LogP contribution in [0.15, 0.2) is 30.9 Å². The zero-order chi connectivity index (χ0) is 13.1. The predicted molar refractivity (Wildman–Crippen MR) is 73.4 cm³/mol. The molecule has 5 heteroatoms. The number of anilines is 1. The minimum absolute atomic E-state index is 0.538. The van der Waals surface area contributed by atoms with Crippen molar-refractivity contribution in [3.8, 4) is 11.3 Å². The van der Waals surface area contributed by atoms with Gasteiger partial charge in [-0.05, 0) is 30.9 Å². The van der Waals surface area contributed by atoms with Crippen LogP contribution in [0.25, 0.3) is 11.3 Å². The number of pyridine rings is 1. The van der Waals surface area contributed by atoms with Crippen LogP contribution in [-0.4, -0.2) is 27.7 Å². The maximum absolute atomic E-state index is 5.74. The molecule has 100 valence electrons. The van der Waals surface area contributed by atoms with Crippen LogP contribution in [0.1, 0.15) is 12.8 Å². The summed E-state index contributed by atoms with van der Waals surface area (Å²) in [6.07, 6.45) is 7.75. The maximum Gasteiger partial charge on any atom is 0.123 e. The first-order valence-electron chi connectivity index (χ1n) is 6.63. The van der Waals surface area contributed by atoms with Crippen molar-refractivity contribution in [3.05, 3.63) is 30.9 Å². The predicted octanol–water partition coefficient (Wildman–Crippen LogP) is 1.95. The standard InChI is InChI=1S/C14H18N4O/c15-14-7-12(1-4-17-14)13-8-16-10-18(13)9-11-2-5-19-6-3-11/h1,4,7-8,10-11H,2-3,5-6,9H2,(H2,15,17). The number of nitrogens with zero attached hydrogens (tertiary/aromatic N) is 3. The molecule has 2 N–H and O–H groups in total. The average Bonchev–Trinajstić information content (AvgIpc) is 2.88. The number of nitrogens with two attached hydrogens (primary N) is 1. The lowest BCUT2D eigenvalue weighted by atomic mass is 10.00. The number of aromatic nitrogens is 3. The van der Waals surface area contributed by atoms with Gasteiger partial charge in [-0.3, -0.25) is 0 Å². The van der Waals surface area contributed by atoms with E-state index in [4.69, 9.17) is 10.5 Å². The van der Waals surface area contributed by atoms with Gasteiger partial charge in [-0.25, -0.2) is 9.97 Å². The lowest BCUT2D eigenvalue weighted by Gasteiger charge is -2.23. The Morgan fingerprint density at radius 3 is 3.00 bits per heavy atom. The van der Waals surface area contributed by atoms with Crippen molar-refractivity contribution in [2.45, 2.75) is 19.4 Å². The fourth-order valence-corrected chi connectivity index (χ4v) is 2.52. The van der Waals surface area contributed by atoms with Crippen molar-refractivity contribution in [1.29, 1.82) is 0 Å². The van der Waals surface area contributed by atoms with E-state index in [0.29, 0.717) is 11.7 Å². The molecule has 0 radical (unpaired) electrons. The van der Waals surface area contributed by atoms with Crippen LogP contribution in [0.4, 0.5) is 5.82 Å². The van der Waals surface area contributed by atoms with Gasteiger partial charge in [0.05, 0.1) is 18.2 Å². The topological polar surface area (TPSA) is 66.0 Å². The van der Waals surface area contributed by atoms with Gasteiger partial charge in [-0.15, -0.1) is 0 Å². The van der Waals surface area contributed by atoms with Crippen molar-refractivity contribution in [3.63, 3.8) is 0 Å². The summed E-state index contributed by atoms with van der Waals surface area (Å²) in [5.74, 6) is 1.21. The summed E-state index contributed by atoms with van der Waals surface area (Å²) in [6.45, 7) is 2.73. The third kappa shape index (κ3) is 2.76. The van der Waals surface area contributed by atoms with E-state index in [1.54, 1.807) is 6.20 Å². The van der Waals surface area contributed by atoms with Crippen molar-refractivity contribution >= 4 is 5.82 Å². The number of hydrogen-bond acceptors (Lipinski definition) is 4. The number of rotatable bonds is 3. The SMILES string of the molecule is Nc1cc(-c2cncn2CC2CCOCC2)ccn1. The Hall–Kier alpha value is -1.88. The van der Waals surface area contributed by atoms with E-state index in [1.807, 2.05) is 24.7 Å². The quantitative estimate of drug-likeness (QED) is 0.913. The lowest BCUT2D eigenvalue weighted by Crippen LogP contribution is -2.20. The van der Waals surface area contributed by atoms with Gasteiger partial charge in [0.15, 0.2) is 0 Å². The van der Waals surface area contributed by atoms with Crippen molar-refractivity contribution in [2.24, 2.45) is 5.92 Å². The first kappa shape index (κ1) is 12.2. The largest absolute Gasteiger partial charge is 0.384 e. The molecule has 5 nitrogen and oxygen atoms in total. The number of ether oxygens (including phenoxy) is 1. The van der Waals surface area contributed by atoms with E-state index >= 15 is 0 Å². The maximum atomic E-state index is 5.74. The summed E-state index contributed by atoms with van der Waals surface area (Å²) in [7, 11) is 0. The second-order valence-electron chi connectivity index (χ2n) is 4.96. The molecular formula is C14H18N4O. The van der Waals surface area contributed by atoms with E-state index in [9.17, 15) is 0 Å². The highest BCUT2D eigenvalue weighted by Gasteiger charge is 2.16. The smallest absolute Gasteiger partial charge is 0.123 e. The molecule has 1 saturated heterocycles. The highest BCUT2D eigenvalue weighted by atomic mass is 16.5. The first-order chi connectivity index (χ1) is 9.33. The number of nitrogen functional groups attached to an aromatic ring is 1. The van der Waals surface area contributed by atoms with Gasteiger partial charge < -0.3 is 15.0 Å². The highest BCUT2D eigenvalue weighted by molar-refractivity contribution is 5.61. The van der Waals surface area contributed by atoms with E-state index in [-0.39, 0.29) is 0 Å². The average molecular weight is 258 g/mol. The van der Waals surface area contributed by atoms with Crippen molar-refractivity contribution < 1.29 is 4.74 Å². The zero-order valence-electron chi connectivity index (χ0n) is 10.8. The van der Waals surface area contributed by atoms with Gasteiger partial charge in [-0.2, -0.15) is 0 Å². The third-order valence-electron chi connectivity index (χ3n) is 3.58. The molecule has 1 fully saturated rings. The molecule has 19 heavy (non-hydrogen) atoms. The molecule has 1 aliphatic rings.